The van der Waals surface area contributed by atoms with Crippen LogP contribution in [-0.4, -0.2) is 11.0 Å². The van der Waals surface area contributed by atoms with E-state index in [9.17, 15) is 13.2 Å². The first-order chi connectivity index (χ1) is 7.55. The molecule has 1 heterocycles. The maximum absolute atomic E-state index is 12.3. The van der Waals surface area contributed by atoms with E-state index >= 15 is 0 Å². The summed E-state index contributed by atoms with van der Waals surface area (Å²) in [6.45, 7) is 0. The molecule has 1 aromatic heterocycles. The normalized spacial score (nSPS) is 16.7. The molecule has 16 heavy (non-hydrogen) atoms. The van der Waals surface area contributed by atoms with Gasteiger partial charge in [-0.2, -0.15) is 13.2 Å². The van der Waals surface area contributed by atoms with E-state index in [0.717, 1.165) is 25.1 Å². The number of anilines is 1. The Morgan fingerprint density at radius 1 is 1.19 bits per heavy atom. The summed E-state index contributed by atoms with van der Waals surface area (Å²) in [4.78, 5) is 3.75. The Morgan fingerprint density at radius 2 is 1.88 bits per heavy atom. The molecule has 0 fully saturated rings. The quantitative estimate of drug-likeness (QED) is 0.786. The van der Waals surface area contributed by atoms with Crippen molar-refractivity contribution in [2.24, 2.45) is 0 Å². The van der Waals surface area contributed by atoms with Crippen LogP contribution in [-0.2, 0) is 6.18 Å². The van der Waals surface area contributed by atoms with Crippen LogP contribution in [0, 0.1) is 0 Å². The molecule has 86 valence electrons. The predicted octanol–water partition coefficient (Wildman–Crippen LogP) is 3.23. The Balaban J connectivity index is 2.02. The second-order valence-electron chi connectivity index (χ2n) is 3.71. The summed E-state index contributed by atoms with van der Waals surface area (Å²) in [5.74, 6) is 0.488. The van der Waals surface area contributed by atoms with Gasteiger partial charge in [-0.15, -0.1) is 0 Å². The number of hydrogen-bond acceptors (Lipinski definition) is 2. The number of hydrogen-bond donors (Lipinski definition) is 1. The monoisotopic (exact) mass is 228 g/mol. The standard InChI is InChI=1S/C11H11F3N2/c12-11(13,14)8-5-6-10(15-7-8)16-9-3-1-2-4-9/h1-2,5-7,9H,3-4H2,(H,15,16). The van der Waals surface area contributed by atoms with Crippen LogP contribution < -0.4 is 5.32 Å². The van der Waals surface area contributed by atoms with Crippen LogP contribution in [0.2, 0.25) is 0 Å². The third kappa shape index (κ3) is 2.53. The molecule has 0 aromatic carbocycles. The van der Waals surface area contributed by atoms with Gasteiger partial charge in [-0.3, -0.25) is 0 Å². The molecular weight excluding hydrogens is 217 g/mol. The topological polar surface area (TPSA) is 24.9 Å². The van der Waals surface area contributed by atoms with E-state index in [1.165, 1.54) is 6.07 Å². The zero-order chi connectivity index (χ0) is 11.6. The fraction of sp³-hybridized carbons (Fsp3) is 0.364. The van der Waals surface area contributed by atoms with Crippen LogP contribution in [0.15, 0.2) is 30.5 Å². The molecule has 2 rings (SSSR count). The van der Waals surface area contributed by atoms with E-state index in [0.29, 0.717) is 5.82 Å². The van der Waals surface area contributed by atoms with E-state index < -0.39 is 11.7 Å². The van der Waals surface area contributed by atoms with Gasteiger partial charge in [-0.05, 0) is 25.0 Å². The van der Waals surface area contributed by atoms with Crippen LogP contribution in [0.1, 0.15) is 18.4 Å². The maximum atomic E-state index is 12.3. The van der Waals surface area contributed by atoms with E-state index in [1.807, 2.05) is 12.2 Å². The number of aromatic nitrogens is 1. The van der Waals surface area contributed by atoms with Crippen molar-refractivity contribution in [1.29, 1.82) is 0 Å². The molecule has 1 aliphatic carbocycles. The molecule has 2 nitrogen and oxygen atoms in total. The van der Waals surface area contributed by atoms with Crippen molar-refractivity contribution < 1.29 is 13.2 Å². The molecule has 0 spiro atoms. The molecule has 0 saturated heterocycles. The van der Waals surface area contributed by atoms with E-state index in [2.05, 4.69) is 10.3 Å². The first-order valence-corrected chi connectivity index (χ1v) is 5.00. The number of halogens is 3. The Morgan fingerprint density at radius 3 is 2.38 bits per heavy atom. The summed E-state index contributed by atoms with van der Waals surface area (Å²) in [5, 5.41) is 3.08. The summed E-state index contributed by atoms with van der Waals surface area (Å²) in [6.07, 6.45) is 2.40. The van der Waals surface area contributed by atoms with Gasteiger partial charge < -0.3 is 5.32 Å². The Hall–Kier alpha value is -1.52. The molecule has 0 saturated carbocycles. The van der Waals surface area contributed by atoms with E-state index in [4.69, 9.17) is 0 Å². The maximum Gasteiger partial charge on any atom is 0.417 e. The van der Waals surface area contributed by atoms with Gasteiger partial charge >= 0.3 is 6.18 Å². The Bertz CT molecular complexity index is 373. The molecule has 0 radical (unpaired) electrons. The van der Waals surface area contributed by atoms with Gasteiger partial charge in [0.15, 0.2) is 0 Å². The number of nitrogens with one attached hydrogen (secondary N) is 1. The summed E-state index contributed by atoms with van der Waals surface area (Å²) in [6, 6.07) is 2.66. The van der Waals surface area contributed by atoms with Gasteiger partial charge in [0.25, 0.3) is 0 Å². The second-order valence-corrected chi connectivity index (χ2v) is 3.71. The van der Waals surface area contributed by atoms with E-state index in [-0.39, 0.29) is 6.04 Å². The summed E-state index contributed by atoms with van der Waals surface area (Å²) in [5.41, 5.74) is -0.720. The fourth-order valence-electron chi connectivity index (χ4n) is 1.59. The van der Waals surface area contributed by atoms with E-state index in [1.54, 1.807) is 0 Å². The minimum atomic E-state index is -4.32. The minimum Gasteiger partial charge on any atom is -0.367 e. The second kappa shape index (κ2) is 4.15. The summed E-state index contributed by atoms with van der Waals surface area (Å²) < 4.78 is 36.8. The Labute approximate surface area is 91.2 Å². The van der Waals surface area contributed by atoms with Crippen LogP contribution in [0.25, 0.3) is 0 Å². The lowest BCUT2D eigenvalue weighted by atomic mass is 10.2. The molecule has 1 aliphatic rings. The van der Waals surface area contributed by atoms with Crippen molar-refractivity contribution in [3.05, 3.63) is 36.0 Å². The lowest BCUT2D eigenvalue weighted by molar-refractivity contribution is -0.137. The summed E-state index contributed by atoms with van der Waals surface area (Å²) >= 11 is 0. The molecule has 1 aromatic rings. The molecule has 0 bridgehead atoms. The molecule has 0 atom stereocenters. The van der Waals surface area contributed by atoms with Gasteiger partial charge in [-0.1, -0.05) is 12.2 Å². The lowest BCUT2D eigenvalue weighted by Gasteiger charge is -2.13. The molecule has 0 unspecified atom stereocenters. The summed E-state index contributed by atoms with van der Waals surface area (Å²) in [7, 11) is 0. The highest BCUT2D eigenvalue weighted by Crippen LogP contribution is 2.29. The van der Waals surface area contributed by atoms with Gasteiger partial charge in [0.1, 0.15) is 5.82 Å². The number of pyridine rings is 1. The fourth-order valence-corrected chi connectivity index (χ4v) is 1.59. The van der Waals surface area contributed by atoms with Crippen LogP contribution in [0.5, 0.6) is 0 Å². The molecular formula is C11H11F3N2. The molecule has 1 N–H and O–H groups in total. The van der Waals surface area contributed by atoms with Gasteiger partial charge in [0.2, 0.25) is 0 Å². The average molecular weight is 228 g/mol. The minimum absolute atomic E-state index is 0.254. The number of alkyl halides is 3. The Kier molecular flexibility index (Phi) is 2.85. The predicted molar refractivity (Wildman–Crippen MR) is 55.0 cm³/mol. The van der Waals surface area contributed by atoms with Crippen molar-refractivity contribution in [1.82, 2.24) is 4.98 Å². The van der Waals surface area contributed by atoms with Crippen LogP contribution in [0.4, 0.5) is 19.0 Å². The van der Waals surface area contributed by atoms with Gasteiger partial charge in [0, 0.05) is 12.2 Å². The highest BCUT2D eigenvalue weighted by atomic mass is 19.4. The highest BCUT2D eigenvalue weighted by Gasteiger charge is 2.30. The molecule has 0 amide bonds. The van der Waals surface area contributed by atoms with Crippen LogP contribution >= 0.6 is 0 Å². The largest absolute Gasteiger partial charge is 0.417 e. The van der Waals surface area contributed by atoms with Gasteiger partial charge in [-0.25, -0.2) is 4.98 Å². The zero-order valence-electron chi connectivity index (χ0n) is 8.46. The third-order valence-corrected chi connectivity index (χ3v) is 2.45. The van der Waals surface area contributed by atoms with Crippen molar-refractivity contribution in [3.63, 3.8) is 0 Å². The lowest BCUT2D eigenvalue weighted by Crippen LogP contribution is -2.16. The highest BCUT2D eigenvalue weighted by molar-refractivity contribution is 5.38. The van der Waals surface area contributed by atoms with Gasteiger partial charge in [0.05, 0.1) is 5.56 Å². The zero-order valence-corrected chi connectivity index (χ0v) is 8.46. The van der Waals surface area contributed by atoms with Crippen LogP contribution in [0.3, 0.4) is 0 Å². The average Bonchev–Trinajstić information content (AvgIpc) is 2.70. The third-order valence-electron chi connectivity index (χ3n) is 2.45. The molecule has 0 aliphatic heterocycles. The van der Waals surface area contributed by atoms with Crippen molar-refractivity contribution >= 4 is 5.82 Å². The SMILES string of the molecule is FC(F)(F)c1ccc(NC2CC=CC2)nc1. The smallest absolute Gasteiger partial charge is 0.367 e. The number of rotatable bonds is 2. The first-order valence-electron chi connectivity index (χ1n) is 5.00. The first kappa shape index (κ1) is 11.0. The molecule has 5 heteroatoms. The van der Waals surface area contributed by atoms with Crippen molar-refractivity contribution in [2.75, 3.05) is 5.32 Å². The van der Waals surface area contributed by atoms with Crippen molar-refractivity contribution in [3.8, 4) is 0 Å². The van der Waals surface area contributed by atoms with Crippen molar-refractivity contribution in [2.45, 2.75) is 25.1 Å². The number of nitrogens with zero attached hydrogens (tertiary/aromatic N) is 1.